The molecule has 1 N–H and O–H groups in total. The Bertz CT molecular complexity index is 1060. The van der Waals surface area contributed by atoms with E-state index >= 15 is 0 Å². The van der Waals surface area contributed by atoms with E-state index in [9.17, 15) is 0 Å². The van der Waals surface area contributed by atoms with Crippen LogP contribution in [0.2, 0.25) is 0 Å². The van der Waals surface area contributed by atoms with E-state index in [1.165, 1.54) is 0 Å². The predicted molar refractivity (Wildman–Crippen MR) is 110 cm³/mol. The van der Waals surface area contributed by atoms with Crippen LogP contribution in [-0.2, 0) is 6.61 Å². The molecule has 132 valence electrons. The molecule has 4 heteroatoms. The quantitative estimate of drug-likeness (QED) is 0.380. The summed E-state index contributed by atoms with van der Waals surface area (Å²) >= 11 is 0. The lowest BCUT2D eigenvalue weighted by atomic mass is 10.2. The first-order valence-corrected chi connectivity index (χ1v) is 8.78. The van der Waals surface area contributed by atoms with Gasteiger partial charge in [0.25, 0.3) is 0 Å². The standard InChI is InChI=1S/C23H19N3O/c1-2-7-18(8-3-1)17-27-21-11-6-9-19(15-21)16-24-26-23-14-13-20-10-4-5-12-22(20)25-23/h1-16H,17H2,(H,25,26)/b24-16+. The molecule has 0 atom stereocenters. The van der Waals surface area contributed by atoms with Gasteiger partial charge in [-0.05, 0) is 41.5 Å². The molecule has 4 rings (SSSR count). The van der Waals surface area contributed by atoms with Gasteiger partial charge in [-0.25, -0.2) is 4.98 Å². The number of hydrogen-bond acceptors (Lipinski definition) is 4. The fourth-order valence-electron chi connectivity index (χ4n) is 2.73. The number of hydrogen-bond donors (Lipinski definition) is 1. The molecule has 0 saturated carbocycles. The van der Waals surface area contributed by atoms with Crippen LogP contribution in [0, 0.1) is 0 Å². The van der Waals surface area contributed by atoms with Gasteiger partial charge < -0.3 is 4.74 Å². The SMILES string of the molecule is C(=N\Nc1ccc2ccccc2n1)/c1cccc(OCc2ccccc2)c1. The summed E-state index contributed by atoms with van der Waals surface area (Å²) in [6.45, 7) is 0.542. The van der Waals surface area contributed by atoms with Gasteiger partial charge in [0.1, 0.15) is 18.2 Å². The van der Waals surface area contributed by atoms with Crippen LogP contribution in [-0.4, -0.2) is 11.2 Å². The molecule has 4 aromatic rings. The number of nitrogens with zero attached hydrogens (tertiary/aromatic N) is 2. The van der Waals surface area contributed by atoms with Crippen LogP contribution < -0.4 is 10.2 Å². The molecule has 0 saturated heterocycles. The summed E-state index contributed by atoms with van der Waals surface area (Å²) in [6, 6.07) is 29.9. The molecule has 27 heavy (non-hydrogen) atoms. The van der Waals surface area contributed by atoms with E-state index < -0.39 is 0 Å². The smallest absolute Gasteiger partial charge is 0.146 e. The normalized spacial score (nSPS) is 11.0. The third-order valence-electron chi connectivity index (χ3n) is 4.10. The molecule has 0 aliphatic carbocycles. The van der Waals surface area contributed by atoms with Crippen molar-refractivity contribution >= 4 is 22.9 Å². The summed E-state index contributed by atoms with van der Waals surface area (Å²) in [7, 11) is 0. The van der Waals surface area contributed by atoms with E-state index in [1.54, 1.807) is 6.21 Å². The zero-order chi connectivity index (χ0) is 18.3. The Hall–Kier alpha value is -3.66. The average molecular weight is 353 g/mol. The Morgan fingerprint density at radius 3 is 2.63 bits per heavy atom. The van der Waals surface area contributed by atoms with Crippen molar-refractivity contribution in [2.75, 3.05) is 5.43 Å². The number of hydrazone groups is 1. The number of para-hydroxylation sites is 1. The van der Waals surface area contributed by atoms with Crippen molar-refractivity contribution in [1.29, 1.82) is 0 Å². The van der Waals surface area contributed by atoms with Crippen LogP contribution >= 0.6 is 0 Å². The first-order chi connectivity index (χ1) is 13.4. The highest BCUT2D eigenvalue weighted by Crippen LogP contribution is 2.16. The van der Waals surface area contributed by atoms with Gasteiger partial charge in [0.15, 0.2) is 0 Å². The zero-order valence-electron chi connectivity index (χ0n) is 14.7. The van der Waals surface area contributed by atoms with Gasteiger partial charge in [-0.2, -0.15) is 5.10 Å². The van der Waals surface area contributed by atoms with Gasteiger partial charge in [0.2, 0.25) is 0 Å². The molecule has 0 amide bonds. The molecule has 0 aliphatic rings. The number of pyridine rings is 1. The minimum atomic E-state index is 0.542. The lowest BCUT2D eigenvalue weighted by molar-refractivity contribution is 0.306. The lowest BCUT2D eigenvalue weighted by Crippen LogP contribution is -1.96. The number of rotatable bonds is 6. The van der Waals surface area contributed by atoms with Crippen LogP contribution in [0.4, 0.5) is 5.82 Å². The second kappa shape index (κ2) is 8.15. The molecular formula is C23H19N3O. The highest BCUT2D eigenvalue weighted by Gasteiger charge is 1.98. The topological polar surface area (TPSA) is 46.5 Å². The predicted octanol–water partition coefficient (Wildman–Crippen LogP) is 5.26. The Morgan fingerprint density at radius 2 is 1.70 bits per heavy atom. The van der Waals surface area contributed by atoms with Gasteiger partial charge in [-0.3, -0.25) is 5.43 Å². The van der Waals surface area contributed by atoms with E-state index in [1.807, 2.05) is 91.0 Å². The Labute approximate surface area is 158 Å². The number of benzene rings is 3. The molecule has 3 aromatic carbocycles. The van der Waals surface area contributed by atoms with Crippen molar-refractivity contribution in [2.45, 2.75) is 6.61 Å². The van der Waals surface area contributed by atoms with Crippen molar-refractivity contribution in [3.05, 3.63) is 102 Å². The van der Waals surface area contributed by atoms with Crippen molar-refractivity contribution in [2.24, 2.45) is 5.10 Å². The first-order valence-electron chi connectivity index (χ1n) is 8.78. The van der Waals surface area contributed by atoms with E-state index in [2.05, 4.69) is 15.5 Å². The van der Waals surface area contributed by atoms with Crippen molar-refractivity contribution in [1.82, 2.24) is 4.98 Å². The van der Waals surface area contributed by atoms with E-state index in [0.717, 1.165) is 27.8 Å². The van der Waals surface area contributed by atoms with Crippen LogP contribution in [0.1, 0.15) is 11.1 Å². The fourth-order valence-corrected chi connectivity index (χ4v) is 2.73. The van der Waals surface area contributed by atoms with Crippen LogP contribution in [0.5, 0.6) is 5.75 Å². The number of ether oxygens (including phenoxy) is 1. The van der Waals surface area contributed by atoms with Crippen LogP contribution in [0.25, 0.3) is 10.9 Å². The van der Waals surface area contributed by atoms with E-state index in [4.69, 9.17) is 4.74 Å². The van der Waals surface area contributed by atoms with Gasteiger partial charge in [0, 0.05) is 5.39 Å². The van der Waals surface area contributed by atoms with Crippen LogP contribution in [0.15, 0.2) is 96.1 Å². The Kier molecular flexibility index (Phi) is 5.07. The molecule has 0 radical (unpaired) electrons. The van der Waals surface area contributed by atoms with E-state index in [0.29, 0.717) is 12.4 Å². The lowest BCUT2D eigenvalue weighted by Gasteiger charge is -2.07. The third kappa shape index (κ3) is 4.50. The van der Waals surface area contributed by atoms with Gasteiger partial charge >= 0.3 is 0 Å². The first kappa shape index (κ1) is 16.8. The second-order valence-corrected chi connectivity index (χ2v) is 6.11. The molecule has 0 bridgehead atoms. The van der Waals surface area contributed by atoms with Gasteiger partial charge in [-0.15, -0.1) is 0 Å². The minimum Gasteiger partial charge on any atom is -0.489 e. The molecule has 0 fully saturated rings. The Morgan fingerprint density at radius 1 is 0.852 bits per heavy atom. The largest absolute Gasteiger partial charge is 0.489 e. The van der Waals surface area contributed by atoms with Crippen LogP contribution in [0.3, 0.4) is 0 Å². The van der Waals surface area contributed by atoms with Crippen molar-refractivity contribution < 1.29 is 4.74 Å². The maximum atomic E-state index is 5.85. The molecule has 0 spiro atoms. The number of anilines is 1. The number of nitrogens with one attached hydrogen (secondary N) is 1. The van der Waals surface area contributed by atoms with E-state index in [-0.39, 0.29) is 0 Å². The monoisotopic (exact) mass is 353 g/mol. The fraction of sp³-hybridized carbons (Fsp3) is 0.0435. The molecule has 0 aliphatic heterocycles. The van der Waals surface area contributed by atoms with Crippen molar-refractivity contribution in [3.8, 4) is 5.75 Å². The maximum Gasteiger partial charge on any atom is 0.146 e. The highest BCUT2D eigenvalue weighted by atomic mass is 16.5. The summed E-state index contributed by atoms with van der Waals surface area (Å²) in [4.78, 5) is 4.54. The summed E-state index contributed by atoms with van der Waals surface area (Å²) in [5.41, 5.74) is 6.01. The molecule has 1 aromatic heterocycles. The maximum absolute atomic E-state index is 5.85. The Balaban J connectivity index is 1.39. The highest BCUT2D eigenvalue weighted by molar-refractivity contribution is 5.82. The second-order valence-electron chi connectivity index (χ2n) is 6.11. The zero-order valence-corrected chi connectivity index (χ0v) is 14.7. The number of aromatic nitrogens is 1. The molecule has 0 unspecified atom stereocenters. The summed E-state index contributed by atoms with van der Waals surface area (Å²) < 4.78 is 5.85. The summed E-state index contributed by atoms with van der Waals surface area (Å²) in [5.74, 6) is 1.52. The molecule has 1 heterocycles. The summed E-state index contributed by atoms with van der Waals surface area (Å²) in [6.07, 6.45) is 1.76. The summed E-state index contributed by atoms with van der Waals surface area (Å²) in [5, 5.41) is 5.39. The average Bonchev–Trinajstić information content (AvgIpc) is 2.73. The van der Waals surface area contributed by atoms with Gasteiger partial charge in [-0.1, -0.05) is 60.7 Å². The molecule has 4 nitrogen and oxygen atoms in total. The van der Waals surface area contributed by atoms with Crippen molar-refractivity contribution in [3.63, 3.8) is 0 Å². The number of fused-ring (bicyclic) bond motifs is 1. The van der Waals surface area contributed by atoms with Gasteiger partial charge in [0.05, 0.1) is 11.7 Å². The third-order valence-corrected chi connectivity index (χ3v) is 4.10. The minimum absolute atomic E-state index is 0.542. The molecular weight excluding hydrogens is 334 g/mol.